The quantitative estimate of drug-likeness (QED) is 0.568. The van der Waals surface area contributed by atoms with Gasteiger partial charge in [-0.05, 0) is 33.2 Å². The molecule has 0 unspecified atom stereocenters. The van der Waals surface area contributed by atoms with Crippen LogP contribution >= 0.6 is 0 Å². The zero-order valence-corrected chi connectivity index (χ0v) is 6.35. The Kier molecular flexibility index (Phi) is 5.52. The predicted molar refractivity (Wildman–Crippen MR) is 41.9 cm³/mol. The fraction of sp³-hybridized carbons (Fsp3) is 0.857. The Morgan fingerprint density at radius 2 is 2.22 bits per heavy atom. The maximum atomic E-state index is 5.32. The Balaban J connectivity index is 3.25. The van der Waals surface area contributed by atoms with Gasteiger partial charge in [0, 0.05) is 12.3 Å². The monoisotopic (exact) mass is 128 g/mol. The van der Waals surface area contributed by atoms with Crippen LogP contribution in [0.3, 0.4) is 0 Å². The lowest BCUT2D eigenvalue weighted by Crippen LogP contribution is -2.01. The molecule has 0 amide bonds. The summed E-state index contributed by atoms with van der Waals surface area (Å²) in [7, 11) is 0. The fourth-order valence-electron chi connectivity index (χ4n) is 0.707. The summed E-state index contributed by atoms with van der Waals surface area (Å²) in [4.78, 5) is 4.22. The summed E-state index contributed by atoms with van der Waals surface area (Å²) in [6.07, 6.45) is 2.12. The van der Waals surface area contributed by atoms with E-state index in [9.17, 15) is 0 Å². The molecule has 54 valence electrons. The molecule has 2 N–H and O–H groups in total. The number of hydrogen-bond donors (Lipinski definition) is 1. The molecule has 0 aromatic heterocycles. The van der Waals surface area contributed by atoms with Crippen LogP contribution in [0.2, 0.25) is 0 Å². The maximum Gasteiger partial charge on any atom is 0.0360 e. The largest absolute Gasteiger partial charge is 0.330 e. The van der Waals surface area contributed by atoms with E-state index in [4.69, 9.17) is 5.73 Å². The third kappa shape index (κ3) is 5.50. The molecule has 0 aliphatic carbocycles. The van der Waals surface area contributed by atoms with Crippen LogP contribution in [-0.4, -0.2) is 18.8 Å². The second-order valence-corrected chi connectivity index (χ2v) is 2.10. The lowest BCUT2D eigenvalue weighted by molar-refractivity contribution is 0.869. The van der Waals surface area contributed by atoms with E-state index in [1.54, 1.807) is 0 Å². The number of aliphatic imine (C=N–C) groups is 1. The van der Waals surface area contributed by atoms with Gasteiger partial charge in [0.05, 0.1) is 0 Å². The van der Waals surface area contributed by atoms with Crippen LogP contribution in [0.5, 0.6) is 0 Å². The van der Waals surface area contributed by atoms with Crippen LogP contribution in [0, 0.1) is 0 Å². The van der Waals surface area contributed by atoms with Crippen molar-refractivity contribution in [3.63, 3.8) is 0 Å². The third-order valence-electron chi connectivity index (χ3n) is 1.17. The second kappa shape index (κ2) is 5.76. The van der Waals surface area contributed by atoms with Crippen LogP contribution in [-0.2, 0) is 0 Å². The summed E-state index contributed by atoms with van der Waals surface area (Å²) in [5.74, 6) is 0. The Morgan fingerprint density at radius 3 is 2.67 bits per heavy atom. The highest BCUT2D eigenvalue weighted by Crippen LogP contribution is 1.89. The van der Waals surface area contributed by atoms with Gasteiger partial charge in [0.25, 0.3) is 0 Å². The molecule has 0 heterocycles. The van der Waals surface area contributed by atoms with Gasteiger partial charge in [0.15, 0.2) is 0 Å². The van der Waals surface area contributed by atoms with Crippen molar-refractivity contribution in [2.75, 3.05) is 13.1 Å². The standard InChI is InChI=1S/C7H16N2/c1-3-9-7(2)5-4-6-8/h3-6,8H2,1-2H3. The minimum Gasteiger partial charge on any atom is -0.330 e. The third-order valence-corrected chi connectivity index (χ3v) is 1.17. The minimum atomic E-state index is 0.774. The molecule has 0 spiro atoms. The molecule has 2 heteroatoms. The van der Waals surface area contributed by atoms with E-state index in [-0.39, 0.29) is 0 Å². The molecule has 0 aliphatic rings. The van der Waals surface area contributed by atoms with Gasteiger partial charge in [-0.3, -0.25) is 4.99 Å². The number of nitrogens with two attached hydrogens (primary N) is 1. The Bertz CT molecular complexity index is 86.9. The second-order valence-electron chi connectivity index (χ2n) is 2.10. The Labute approximate surface area is 57.2 Å². The van der Waals surface area contributed by atoms with Crippen molar-refractivity contribution in [3.05, 3.63) is 0 Å². The number of nitrogens with zero attached hydrogens (tertiary/aromatic N) is 1. The van der Waals surface area contributed by atoms with Crippen molar-refractivity contribution in [1.82, 2.24) is 0 Å². The van der Waals surface area contributed by atoms with Gasteiger partial charge in [-0.15, -0.1) is 0 Å². The zero-order valence-electron chi connectivity index (χ0n) is 6.35. The van der Waals surface area contributed by atoms with E-state index in [2.05, 4.69) is 11.9 Å². The molecule has 0 bridgehead atoms. The van der Waals surface area contributed by atoms with Crippen LogP contribution in [0.4, 0.5) is 0 Å². The summed E-state index contributed by atoms with van der Waals surface area (Å²) in [5, 5.41) is 0. The van der Waals surface area contributed by atoms with E-state index >= 15 is 0 Å². The molecule has 0 aliphatic heterocycles. The van der Waals surface area contributed by atoms with Gasteiger partial charge in [0.1, 0.15) is 0 Å². The van der Waals surface area contributed by atoms with Crippen LogP contribution < -0.4 is 5.73 Å². The summed E-state index contributed by atoms with van der Waals surface area (Å²) in [5.41, 5.74) is 6.54. The first-order chi connectivity index (χ1) is 4.31. The first-order valence-corrected chi connectivity index (χ1v) is 3.51. The van der Waals surface area contributed by atoms with E-state index in [0.717, 1.165) is 25.9 Å². The lowest BCUT2D eigenvalue weighted by atomic mass is 10.2. The normalized spacial score (nSPS) is 12.1. The fourth-order valence-corrected chi connectivity index (χ4v) is 0.707. The molecule has 0 aromatic carbocycles. The molecule has 0 atom stereocenters. The number of hydrogen-bond acceptors (Lipinski definition) is 2. The van der Waals surface area contributed by atoms with E-state index in [0.29, 0.717) is 0 Å². The molecular formula is C7H16N2. The van der Waals surface area contributed by atoms with Crippen LogP contribution in [0.1, 0.15) is 26.7 Å². The van der Waals surface area contributed by atoms with Crippen LogP contribution in [0.25, 0.3) is 0 Å². The van der Waals surface area contributed by atoms with Crippen LogP contribution in [0.15, 0.2) is 4.99 Å². The van der Waals surface area contributed by atoms with Crippen molar-refractivity contribution in [2.24, 2.45) is 10.7 Å². The van der Waals surface area contributed by atoms with Crippen molar-refractivity contribution in [2.45, 2.75) is 26.7 Å². The highest BCUT2D eigenvalue weighted by molar-refractivity contribution is 5.81. The topological polar surface area (TPSA) is 38.4 Å². The van der Waals surface area contributed by atoms with Gasteiger partial charge in [-0.1, -0.05) is 0 Å². The highest BCUT2D eigenvalue weighted by atomic mass is 14.7. The molecule has 0 rings (SSSR count). The Morgan fingerprint density at radius 1 is 1.56 bits per heavy atom. The van der Waals surface area contributed by atoms with E-state index in [1.165, 1.54) is 5.71 Å². The zero-order chi connectivity index (χ0) is 7.11. The lowest BCUT2D eigenvalue weighted by Gasteiger charge is -1.95. The molecule has 0 aromatic rings. The van der Waals surface area contributed by atoms with Crippen molar-refractivity contribution in [3.8, 4) is 0 Å². The molecule has 0 saturated carbocycles. The number of rotatable bonds is 4. The van der Waals surface area contributed by atoms with Crippen molar-refractivity contribution >= 4 is 5.71 Å². The van der Waals surface area contributed by atoms with Gasteiger partial charge in [-0.2, -0.15) is 0 Å². The molecule has 0 radical (unpaired) electrons. The first kappa shape index (κ1) is 8.63. The van der Waals surface area contributed by atoms with E-state index < -0.39 is 0 Å². The molecular weight excluding hydrogens is 112 g/mol. The summed E-state index contributed by atoms with van der Waals surface area (Å²) in [6, 6.07) is 0. The molecule has 2 nitrogen and oxygen atoms in total. The molecule has 9 heavy (non-hydrogen) atoms. The van der Waals surface area contributed by atoms with Gasteiger partial charge >= 0.3 is 0 Å². The minimum absolute atomic E-state index is 0.774. The average Bonchev–Trinajstić information content (AvgIpc) is 1.85. The predicted octanol–water partition coefficient (Wildman–Crippen LogP) is 1.21. The highest BCUT2D eigenvalue weighted by Gasteiger charge is 1.87. The summed E-state index contributed by atoms with van der Waals surface area (Å²) < 4.78 is 0. The SMILES string of the molecule is CCN=C(C)CCCN. The first-order valence-electron chi connectivity index (χ1n) is 3.51. The smallest absolute Gasteiger partial charge is 0.0360 e. The van der Waals surface area contributed by atoms with Crippen molar-refractivity contribution in [1.29, 1.82) is 0 Å². The van der Waals surface area contributed by atoms with Gasteiger partial charge in [-0.25, -0.2) is 0 Å². The van der Waals surface area contributed by atoms with Crippen molar-refractivity contribution < 1.29 is 0 Å². The average molecular weight is 128 g/mol. The molecule has 0 saturated heterocycles. The maximum absolute atomic E-state index is 5.32. The summed E-state index contributed by atoms with van der Waals surface area (Å²) in [6.45, 7) is 5.78. The van der Waals surface area contributed by atoms with E-state index in [1.807, 2.05) is 6.92 Å². The summed E-state index contributed by atoms with van der Waals surface area (Å²) >= 11 is 0. The van der Waals surface area contributed by atoms with Gasteiger partial charge in [0.2, 0.25) is 0 Å². The molecule has 0 fully saturated rings. The Hall–Kier alpha value is -0.370. The van der Waals surface area contributed by atoms with Gasteiger partial charge < -0.3 is 5.73 Å².